The summed E-state index contributed by atoms with van der Waals surface area (Å²) in [5, 5.41) is 4.16. The van der Waals surface area contributed by atoms with Crippen molar-refractivity contribution in [3.8, 4) is 11.4 Å². The first-order chi connectivity index (χ1) is 10.1. The molecule has 7 heteroatoms. The quantitative estimate of drug-likeness (QED) is 0.777. The van der Waals surface area contributed by atoms with Crippen molar-refractivity contribution in [3.63, 3.8) is 0 Å². The molecule has 1 aromatic heterocycles. The first kappa shape index (κ1) is 14.1. The van der Waals surface area contributed by atoms with Crippen LogP contribution in [0, 0.1) is 0 Å². The minimum Gasteiger partial charge on any atom is -0.488 e. The zero-order valence-electron chi connectivity index (χ0n) is 11.2. The molecular weight excluding hydrogens is 343 g/mol. The molecule has 0 saturated heterocycles. The molecule has 1 aliphatic heterocycles. The van der Waals surface area contributed by atoms with Gasteiger partial charge in [0.25, 0.3) is 0 Å². The number of rotatable bonds is 2. The van der Waals surface area contributed by atoms with Gasteiger partial charge in [-0.1, -0.05) is 15.9 Å². The van der Waals surface area contributed by atoms with Gasteiger partial charge in [-0.05, 0) is 31.2 Å². The maximum atomic E-state index is 14.2. The van der Waals surface area contributed by atoms with Crippen LogP contribution < -0.4 is 4.74 Å². The number of hydrogen-bond donors (Lipinski definition) is 0. The number of esters is 1. The van der Waals surface area contributed by atoms with E-state index in [4.69, 9.17) is 9.47 Å². The molecule has 1 aliphatic rings. The summed E-state index contributed by atoms with van der Waals surface area (Å²) in [5.74, 6) is -0.0548. The molecule has 0 bridgehead atoms. The van der Waals surface area contributed by atoms with Crippen molar-refractivity contribution in [2.24, 2.45) is 0 Å². The molecule has 0 fully saturated rings. The number of carbonyl (C=O) groups is 1. The number of nitrogens with zero attached hydrogens (tertiary/aromatic N) is 2. The number of alkyl halides is 1. The summed E-state index contributed by atoms with van der Waals surface area (Å²) in [5.41, 5.74) is 0.937. The highest BCUT2D eigenvalue weighted by Crippen LogP contribution is 2.34. The van der Waals surface area contributed by atoms with Gasteiger partial charge in [0.1, 0.15) is 18.0 Å². The minimum absolute atomic E-state index is 0.0855. The topological polar surface area (TPSA) is 53.4 Å². The Balaban J connectivity index is 2.14. The van der Waals surface area contributed by atoms with Crippen LogP contribution in [0.5, 0.6) is 5.75 Å². The number of aromatic nitrogens is 2. The lowest BCUT2D eigenvalue weighted by molar-refractivity contribution is 0.0519. The summed E-state index contributed by atoms with van der Waals surface area (Å²) in [4.78, 5) is 11.8. The van der Waals surface area contributed by atoms with Crippen LogP contribution in [0.4, 0.5) is 4.39 Å². The number of halogens is 2. The Labute approximate surface area is 128 Å². The summed E-state index contributed by atoms with van der Waals surface area (Å²) in [6.07, 6.45) is -1.37. The first-order valence-electron chi connectivity index (χ1n) is 6.44. The van der Waals surface area contributed by atoms with E-state index in [-0.39, 0.29) is 24.6 Å². The number of fused-ring (bicyclic) bond motifs is 3. The van der Waals surface area contributed by atoms with E-state index in [1.54, 1.807) is 25.1 Å². The molecule has 110 valence electrons. The molecular formula is C14H12BrFN2O3. The molecule has 1 unspecified atom stereocenters. The molecule has 0 aliphatic carbocycles. The van der Waals surface area contributed by atoms with Gasteiger partial charge < -0.3 is 9.47 Å². The third-order valence-corrected chi connectivity index (χ3v) is 3.57. The lowest BCUT2D eigenvalue weighted by Gasteiger charge is -2.08. The Bertz CT molecular complexity index is 702. The highest BCUT2D eigenvalue weighted by atomic mass is 79.9. The zero-order valence-corrected chi connectivity index (χ0v) is 12.8. The minimum atomic E-state index is -1.37. The SMILES string of the molecule is CCOC(=O)c1cc2n(n1)-c1cc(Br)ccc1OCC2F. The van der Waals surface area contributed by atoms with E-state index in [1.165, 1.54) is 10.7 Å². The molecule has 5 nitrogen and oxygen atoms in total. The normalized spacial score (nSPS) is 16.4. The van der Waals surface area contributed by atoms with Crippen LogP contribution in [0.15, 0.2) is 28.7 Å². The standard InChI is InChI=1S/C14H12BrFN2O3/c1-2-20-14(19)10-6-11-9(16)7-21-13-4-3-8(15)5-12(13)18(11)17-10/h3-6,9H,2,7H2,1H3. The Kier molecular flexibility index (Phi) is 3.67. The van der Waals surface area contributed by atoms with Crippen molar-refractivity contribution in [2.75, 3.05) is 13.2 Å². The molecule has 0 N–H and O–H groups in total. The maximum Gasteiger partial charge on any atom is 0.358 e. The molecule has 2 heterocycles. The summed E-state index contributed by atoms with van der Waals surface area (Å²) in [7, 11) is 0. The second-order valence-electron chi connectivity index (χ2n) is 4.48. The van der Waals surface area contributed by atoms with Crippen LogP contribution >= 0.6 is 15.9 Å². The molecule has 0 amide bonds. The number of hydrogen-bond acceptors (Lipinski definition) is 4. The monoisotopic (exact) mass is 354 g/mol. The van der Waals surface area contributed by atoms with Gasteiger partial charge in [-0.15, -0.1) is 0 Å². The van der Waals surface area contributed by atoms with E-state index >= 15 is 0 Å². The lowest BCUT2D eigenvalue weighted by Crippen LogP contribution is -2.07. The molecule has 0 spiro atoms. The van der Waals surface area contributed by atoms with Crippen LogP contribution in [-0.4, -0.2) is 29.0 Å². The molecule has 21 heavy (non-hydrogen) atoms. The maximum absolute atomic E-state index is 14.2. The largest absolute Gasteiger partial charge is 0.488 e. The summed E-state index contributed by atoms with van der Waals surface area (Å²) >= 11 is 3.36. The Morgan fingerprint density at radius 2 is 2.38 bits per heavy atom. The number of ether oxygens (including phenoxy) is 2. The van der Waals surface area contributed by atoms with E-state index in [9.17, 15) is 9.18 Å². The van der Waals surface area contributed by atoms with Gasteiger partial charge >= 0.3 is 5.97 Å². The average Bonchev–Trinajstić information content (AvgIpc) is 2.86. The van der Waals surface area contributed by atoms with Crippen molar-refractivity contribution in [3.05, 3.63) is 40.1 Å². The van der Waals surface area contributed by atoms with Crippen molar-refractivity contribution in [1.29, 1.82) is 0 Å². The summed E-state index contributed by atoms with van der Waals surface area (Å²) < 4.78 is 26.8. The molecule has 0 saturated carbocycles. The van der Waals surface area contributed by atoms with Crippen LogP contribution in [0.1, 0.15) is 29.3 Å². The lowest BCUT2D eigenvalue weighted by atomic mass is 10.2. The molecule has 1 atom stereocenters. The van der Waals surface area contributed by atoms with E-state index in [2.05, 4.69) is 21.0 Å². The van der Waals surface area contributed by atoms with E-state index in [0.29, 0.717) is 11.4 Å². The fourth-order valence-electron chi connectivity index (χ4n) is 2.14. The fourth-order valence-corrected chi connectivity index (χ4v) is 2.49. The van der Waals surface area contributed by atoms with Gasteiger partial charge in [0.15, 0.2) is 11.9 Å². The van der Waals surface area contributed by atoms with Gasteiger partial charge in [0, 0.05) is 4.47 Å². The fraction of sp³-hybridized carbons (Fsp3) is 0.286. The Morgan fingerprint density at radius 3 is 3.14 bits per heavy atom. The Hall–Kier alpha value is -1.89. The van der Waals surface area contributed by atoms with Crippen LogP contribution in [-0.2, 0) is 4.74 Å². The van der Waals surface area contributed by atoms with Crippen LogP contribution in [0.25, 0.3) is 5.69 Å². The van der Waals surface area contributed by atoms with Gasteiger partial charge in [0.05, 0.1) is 12.3 Å². The zero-order chi connectivity index (χ0) is 15.0. The Morgan fingerprint density at radius 1 is 1.57 bits per heavy atom. The van der Waals surface area contributed by atoms with Gasteiger partial charge in [-0.3, -0.25) is 0 Å². The second-order valence-corrected chi connectivity index (χ2v) is 5.39. The molecule has 0 radical (unpaired) electrons. The molecule has 3 rings (SSSR count). The first-order valence-corrected chi connectivity index (χ1v) is 7.23. The highest BCUT2D eigenvalue weighted by Gasteiger charge is 2.27. The molecule has 2 aromatic rings. The predicted octanol–water partition coefficient (Wildman–Crippen LogP) is 3.21. The van der Waals surface area contributed by atoms with Crippen LogP contribution in [0.2, 0.25) is 0 Å². The third-order valence-electron chi connectivity index (χ3n) is 3.08. The second kappa shape index (κ2) is 5.48. The van der Waals surface area contributed by atoms with E-state index in [0.717, 1.165) is 4.47 Å². The van der Waals surface area contributed by atoms with Crippen molar-refractivity contribution in [2.45, 2.75) is 13.1 Å². The van der Waals surface area contributed by atoms with Gasteiger partial charge in [-0.25, -0.2) is 13.9 Å². The van der Waals surface area contributed by atoms with Crippen molar-refractivity contribution < 1.29 is 18.7 Å². The summed E-state index contributed by atoms with van der Waals surface area (Å²) in [6, 6.07) is 6.70. The average molecular weight is 355 g/mol. The molecule has 1 aromatic carbocycles. The summed E-state index contributed by atoms with van der Waals surface area (Å²) in [6.45, 7) is 1.82. The highest BCUT2D eigenvalue weighted by molar-refractivity contribution is 9.10. The number of benzene rings is 1. The van der Waals surface area contributed by atoms with Gasteiger partial charge in [-0.2, -0.15) is 5.10 Å². The van der Waals surface area contributed by atoms with Gasteiger partial charge in [0.2, 0.25) is 0 Å². The van der Waals surface area contributed by atoms with Crippen molar-refractivity contribution >= 4 is 21.9 Å². The predicted molar refractivity (Wildman–Crippen MR) is 76.6 cm³/mol. The smallest absolute Gasteiger partial charge is 0.358 e. The third kappa shape index (κ3) is 2.53. The number of carbonyl (C=O) groups excluding carboxylic acids is 1. The van der Waals surface area contributed by atoms with E-state index < -0.39 is 12.1 Å². The van der Waals surface area contributed by atoms with Crippen molar-refractivity contribution in [1.82, 2.24) is 9.78 Å². The van der Waals surface area contributed by atoms with E-state index in [1.807, 2.05) is 0 Å². The van der Waals surface area contributed by atoms with Crippen LogP contribution in [0.3, 0.4) is 0 Å².